The van der Waals surface area contributed by atoms with Gasteiger partial charge >= 0.3 is 0 Å². The Morgan fingerprint density at radius 3 is 2.60 bits per heavy atom. The van der Waals surface area contributed by atoms with Gasteiger partial charge in [-0.1, -0.05) is 23.5 Å². The Bertz CT molecular complexity index is 651. The van der Waals surface area contributed by atoms with Gasteiger partial charge in [0.15, 0.2) is 5.13 Å². The summed E-state index contributed by atoms with van der Waals surface area (Å²) in [6.45, 7) is 7.89. The molecule has 4 rings (SSSR count). The highest BCUT2D eigenvalue weighted by atomic mass is 32.1. The highest BCUT2D eigenvalue weighted by Crippen LogP contribution is 2.30. The molecule has 1 aromatic carbocycles. The molecule has 1 aromatic heterocycles. The SMILES string of the molecule is CC1NNC(C)C1CCNC1CCN(c2nc3ccccc3s2)CC1. The summed E-state index contributed by atoms with van der Waals surface area (Å²) >= 11 is 1.82. The first-order chi connectivity index (χ1) is 12.2. The van der Waals surface area contributed by atoms with Gasteiger partial charge in [0, 0.05) is 31.2 Å². The molecular weight excluding hydrogens is 330 g/mol. The van der Waals surface area contributed by atoms with Crippen molar-refractivity contribution in [2.24, 2.45) is 5.92 Å². The number of hydrazine groups is 1. The Morgan fingerprint density at radius 2 is 1.88 bits per heavy atom. The van der Waals surface area contributed by atoms with Crippen LogP contribution in [-0.2, 0) is 0 Å². The number of nitrogens with one attached hydrogen (secondary N) is 3. The van der Waals surface area contributed by atoms with Crippen molar-refractivity contribution in [1.82, 2.24) is 21.2 Å². The number of nitrogens with zero attached hydrogens (tertiary/aromatic N) is 2. The molecule has 0 saturated carbocycles. The lowest BCUT2D eigenvalue weighted by Gasteiger charge is -2.32. The molecule has 0 radical (unpaired) electrons. The van der Waals surface area contributed by atoms with Crippen molar-refractivity contribution < 1.29 is 0 Å². The van der Waals surface area contributed by atoms with Crippen LogP contribution in [0.15, 0.2) is 24.3 Å². The number of para-hydroxylation sites is 1. The van der Waals surface area contributed by atoms with Crippen molar-refractivity contribution in [3.8, 4) is 0 Å². The van der Waals surface area contributed by atoms with E-state index in [0.29, 0.717) is 18.1 Å². The van der Waals surface area contributed by atoms with Crippen molar-refractivity contribution in [2.75, 3.05) is 24.5 Å². The molecule has 3 N–H and O–H groups in total. The summed E-state index contributed by atoms with van der Waals surface area (Å²) in [6, 6.07) is 10.2. The molecule has 2 unspecified atom stereocenters. The van der Waals surface area contributed by atoms with Crippen molar-refractivity contribution in [2.45, 2.75) is 51.2 Å². The monoisotopic (exact) mass is 359 g/mol. The number of hydrogen-bond donors (Lipinski definition) is 3. The van der Waals surface area contributed by atoms with E-state index in [1.807, 2.05) is 11.3 Å². The van der Waals surface area contributed by atoms with Gasteiger partial charge in [-0.25, -0.2) is 4.98 Å². The molecule has 0 spiro atoms. The van der Waals surface area contributed by atoms with E-state index < -0.39 is 0 Å². The Balaban J connectivity index is 1.24. The minimum absolute atomic E-state index is 0.567. The van der Waals surface area contributed by atoms with E-state index in [9.17, 15) is 0 Å². The lowest BCUT2D eigenvalue weighted by Crippen LogP contribution is -2.43. The number of benzene rings is 1. The summed E-state index contributed by atoms with van der Waals surface area (Å²) in [7, 11) is 0. The van der Waals surface area contributed by atoms with Gasteiger partial charge in [0.2, 0.25) is 0 Å². The summed E-state index contributed by atoms with van der Waals surface area (Å²) in [6.07, 6.45) is 3.66. The Labute approximate surface area is 154 Å². The quantitative estimate of drug-likeness (QED) is 0.766. The van der Waals surface area contributed by atoms with Crippen LogP contribution in [0.4, 0.5) is 5.13 Å². The number of piperidine rings is 1. The average Bonchev–Trinajstić information content (AvgIpc) is 3.20. The average molecular weight is 360 g/mol. The number of anilines is 1. The predicted molar refractivity (Wildman–Crippen MR) is 106 cm³/mol. The second-order valence-electron chi connectivity index (χ2n) is 7.50. The second-order valence-corrected chi connectivity index (χ2v) is 8.51. The van der Waals surface area contributed by atoms with Crippen LogP contribution in [-0.4, -0.2) is 42.7 Å². The van der Waals surface area contributed by atoms with Gasteiger partial charge in [0.05, 0.1) is 10.2 Å². The third kappa shape index (κ3) is 3.82. The van der Waals surface area contributed by atoms with Crippen LogP contribution in [0.5, 0.6) is 0 Å². The van der Waals surface area contributed by atoms with Crippen LogP contribution < -0.4 is 21.1 Å². The Kier molecular flexibility index (Phi) is 5.22. The zero-order chi connectivity index (χ0) is 17.2. The fraction of sp³-hybridized carbons (Fsp3) is 0.632. The molecular formula is C19H29N5S. The standard InChI is InChI=1S/C19H29N5S/c1-13-16(14(2)23-22-13)7-10-20-15-8-11-24(12-9-15)19-21-17-5-3-4-6-18(17)25-19/h3-6,13-16,20,22-23H,7-12H2,1-2H3. The fourth-order valence-electron chi connectivity index (χ4n) is 4.13. The molecule has 2 fully saturated rings. The van der Waals surface area contributed by atoms with Gasteiger partial charge in [-0.2, -0.15) is 0 Å². The van der Waals surface area contributed by atoms with Crippen molar-refractivity contribution in [1.29, 1.82) is 0 Å². The lowest BCUT2D eigenvalue weighted by molar-refractivity contribution is 0.362. The minimum atomic E-state index is 0.567. The highest BCUT2D eigenvalue weighted by Gasteiger charge is 2.29. The van der Waals surface area contributed by atoms with Crippen LogP contribution in [0, 0.1) is 5.92 Å². The number of thiazole rings is 1. The van der Waals surface area contributed by atoms with E-state index >= 15 is 0 Å². The van der Waals surface area contributed by atoms with Crippen LogP contribution in [0.2, 0.25) is 0 Å². The van der Waals surface area contributed by atoms with Crippen LogP contribution in [0.1, 0.15) is 33.1 Å². The number of hydrogen-bond acceptors (Lipinski definition) is 6. The molecule has 0 amide bonds. The zero-order valence-corrected chi connectivity index (χ0v) is 16.0. The number of rotatable bonds is 5. The number of fused-ring (bicyclic) bond motifs is 1. The lowest BCUT2D eigenvalue weighted by atomic mass is 9.93. The molecule has 25 heavy (non-hydrogen) atoms. The molecule has 0 aliphatic carbocycles. The van der Waals surface area contributed by atoms with Gasteiger partial charge in [-0.3, -0.25) is 10.9 Å². The predicted octanol–water partition coefficient (Wildman–Crippen LogP) is 2.75. The maximum atomic E-state index is 4.80. The normalized spacial score (nSPS) is 28.1. The Hall–Kier alpha value is -1.21. The van der Waals surface area contributed by atoms with E-state index in [2.05, 4.69) is 59.2 Å². The first kappa shape index (κ1) is 17.2. The van der Waals surface area contributed by atoms with E-state index in [0.717, 1.165) is 31.1 Å². The molecule has 2 aromatic rings. The Morgan fingerprint density at radius 1 is 1.16 bits per heavy atom. The largest absolute Gasteiger partial charge is 0.348 e. The topological polar surface area (TPSA) is 52.2 Å². The zero-order valence-electron chi connectivity index (χ0n) is 15.2. The fourth-order valence-corrected chi connectivity index (χ4v) is 5.15. The van der Waals surface area contributed by atoms with Gasteiger partial charge < -0.3 is 10.2 Å². The summed E-state index contributed by atoms with van der Waals surface area (Å²) in [5.41, 5.74) is 7.83. The summed E-state index contributed by atoms with van der Waals surface area (Å²) in [4.78, 5) is 7.26. The first-order valence-corrected chi connectivity index (χ1v) is 10.4. The smallest absolute Gasteiger partial charge is 0.186 e. The van der Waals surface area contributed by atoms with Crippen LogP contribution in [0.25, 0.3) is 10.2 Å². The van der Waals surface area contributed by atoms with E-state index in [4.69, 9.17) is 4.98 Å². The van der Waals surface area contributed by atoms with Crippen molar-refractivity contribution >= 4 is 26.7 Å². The van der Waals surface area contributed by atoms with E-state index in [1.165, 1.54) is 29.1 Å². The minimum Gasteiger partial charge on any atom is -0.348 e. The van der Waals surface area contributed by atoms with Gasteiger partial charge in [0.1, 0.15) is 0 Å². The molecule has 2 atom stereocenters. The van der Waals surface area contributed by atoms with Crippen molar-refractivity contribution in [3.63, 3.8) is 0 Å². The second kappa shape index (κ2) is 7.58. The van der Waals surface area contributed by atoms with E-state index in [-0.39, 0.29) is 0 Å². The van der Waals surface area contributed by atoms with Crippen molar-refractivity contribution in [3.05, 3.63) is 24.3 Å². The summed E-state index contributed by atoms with van der Waals surface area (Å²) in [5.74, 6) is 0.718. The van der Waals surface area contributed by atoms with Gasteiger partial charge in [-0.05, 0) is 57.7 Å². The first-order valence-electron chi connectivity index (χ1n) is 9.55. The van der Waals surface area contributed by atoms with Crippen LogP contribution >= 0.6 is 11.3 Å². The van der Waals surface area contributed by atoms with Gasteiger partial charge in [0.25, 0.3) is 0 Å². The number of aromatic nitrogens is 1. The highest BCUT2D eigenvalue weighted by molar-refractivity contribution is 7.22. The third-order valence-electron chi connectivity index (χ3n) is 5.78. The molecule has 2 saturated heterocycles. The maximum absolute atomic E-state index is 4.80. The molecule has 2 aliphatic heterocycles. The maximum Gasteiger partial charge on any atom is 0.186 e. The molecule has 2 aliphatic rings. The van der Waals surface area contributed by atoms with E-state index in [1.54, 1.807) is 0 Å². The summed E-state index contributed by atoms with van der Waals surface area (Å²) in [5, 5.41) is 4.97. The summed E-state index contributed by atoms with van der Waals surface area (Å²) < 4.78 is 1.29. The molecule has 6 heteroatoms. The van der Waals surface area contributed by atoms with Crippen LogP contribution in [0.3, 0.4) is 0 Å². The molecule has 5 nitrogen and oxygen atoms in total. The molecule has 0 bridgehead atoms. The molecule has 136 valence electrons. The molecule has 3 heterocycles. The van der Waals surface area contributed by atoms with Gasteiger partial charge in [-0.15, -0.1) is 0 Å². The third-order valence-corrected chi connectivity index (χ3v) is 6.88.